The van der Waals surface area contributed by atoms with E-state index in [1.54, 1.807) is 17.0 Å². The van der Waals surface area contributed by atoms with E-state index >= 15 is 0 Å². The van der Waals surface area contributed by atoms with E-state index in [1.807, 2.05) is 61.5 Å². The zero-order valence-electron chi connectivity index (χ0n) is 18.0. The molecule has 3 aromatic rings. The first-order chi connectivity index (χ1) is 15.1. The van der Waals surface area contributed by atoms with Crippen molar-refractivity contribution in [2.45, 2.75) is 38.6 Å². The fourth-order valence-corrected chi connectivity index (χ4v) is 3.55. The summed E-state index contributed by atoms with van der Waals surface area (Å²) in [5, 5.41) is 0.544. The third-order valence-electron chi connectivity index (χ3n) is 5.35. The van der Waals surface area contributed by atoms with Crippen LogP contribution in [-0.4, -0.2) is 33.9 Å². The normalized spacial score (nSPS) is 12.3. The summed E-state index contributed by atoms with van der Waals surface area (Å²) in [5.74, 6) is 0.387. The summed E-state index contributed by atoms with van der Waals surface area (Å²) in [4.78, 5) is 34.9. The molecule has 0 spiro atoms. The molecule has 1 amide bonds. The number of amides is 1. The minimum Gasteiger partial charge on any atom is -0.330 e. The molecule has 0 aliphatic heterocycles. The summed E-state index contributed by atoms with van der Waals surface area (Å²) in [6, 6.07) is 16.6. The molecule has 0 aliphatic rings. The highest BCUT2D eigenvalue weighted by Gasteiger charge is 2.22. The van der Waals surface area contributed by atoms with Crippen LogP contribution in [0.2, 0.25) is 0 Å². The Labute approximate surface area is 182 Å². The van der Waals surface area contributed by atoms with Gasteiger partial charge in [0.2, 0.25) is 5.91 Å². The van der Waals surface area contributed by atoms with Crippen LogP contribution < -0.4 is 11.3 Å². The summed E-state index contributed by atoms with van der Waals surface area (Å²) >= 11 is 0. The van der Waals surface area contributed by atoms with Gasteiger partial charge in [-0.2, -0.15) is 0 Å². The number of fused-ring (bicyclic) bond motifs is 1. The molecular weight excluding hydrogens is 388 g/mol. The molecule has 162 valence electrons. The molecule has 6 heteroatoms. The Morgan fingerprint density at radius 3 is 2.55 bits per heavy atom. The van der Waals surface area contributed by atoms with Crippen molar-refractivity contribution in [1.29, 1.82) is 0 Å². The van der Waals surface area contributed by atoms with Crippen LogP contribution in [0, 0.1) is 0 Å². The predicted molar refractivity (Wildman–Crippen MR) is 125 cm³/mol. The van der Waals surface area contributed by atoms with Gasteiger partial charge in [-0.25, -0.2) is 4.98 Å². The topological polar surface area (TPSA) is 92.1 Å². The van der Waals surface area contributed by atoms with E-state index < -0.39 is 0 Å². The minimum atomic E-state index is -0.361. The lowest BCUT2D eigenvalue weighted by atomic mass is 10.1. The van der Waals surface area contributed by atoms with Gasteiger partial charge in [0, 0.05) is 12.6 Å². The maximum absolute atomic E-state index is 13.1. The lowest BCUT2D eigenvalue weighted by molar-refractivity contribution is -0.128. The average Bonchev–Trinajstić information content (AvgIpc) is 2.80. The second-order valence-corrected chi connectivity index (χ2v) is 7.62. The number of hydrogen-bond donors (Lipinski definition) is 2. The summed E-state index contributed by atoms with van der Waals surface area (Å²) in [6.45, 7) is 3.17. The van der Waals surface area contributed by atoms with Crippen molar-refractivity contribution in [3.63, 3.8) is 0 Å². The molecule has 0 bridgehead atoms. The molecule has 3 rings (SSSR count). The second kappa shape index (κ2) is 11.2. The van der Waals surface area contributed by atoms with E-state index in [0.717, 1.165) is 31.2 Å². The Balaban J connectivity index is 1.83. The molecule has 0 fully saturated rings. The van der Waals surface area contributed by atoms with Gasteiger partial charge in [-0.15, -0.1) is 0 Å². The van der Waals surface area contributed by atoms with Crippen molar-refractivity contribution in [2.24, 2.45) is 5.73 Å². The maximum Gasteiger partial charge on any atom is 0.258 e. The van der Waals surface area contributed by atoms with Gasteiger partial charge in [0.25, 0.3) is 5.56 Å². The van der Waals surface area contributed by atoms with Crippen LogP contribution in [0.25, 0.3) is 17.0 Å². The Morgan fingerprint density at radius 2 is 1.77 bits per heavy atom. The average molecular weight is 419 g/mol. The summed E-state index contributed by atoms with van der Waals surface area (Å²) < 4.78 is 0. The van der Waals surface area contributed by atoms with Gasteiger partial charge in [-0.3, -0.25) is 9.59 Å². The molecular formula is C25H30N4O2. The first-order valence-corrected chi connectivity index (χ1v) is 10.8. The largest absolute Gasteiger partial charge is 0.330 e. The van der Waals surface area contributed by atoms with Gasteiger partial charge in [0.1, 0.15) is 5.82 Å². The van der Waals surface area contributed by atoms with Crippen LogP contribution in [0.3, 0.4) is 0 Å². The third-order valence-corrected chi connectivity index (χ3v) is 5.35. The molecule has 0 unspecified atom stereocenters. The Kier molecular flexibility index (Phi) is 8.12. The zero-order chi connectivity index (χ0) is 22.1. The van der Waals surface area contributed by atoms with Crippen molar-refractivity contribution < 1.29 is 4.79 Å². The summed E-state index contributed by atoms with van der Waals surface area (Å²) in [5.41, 5.74) is 6.98. The molecule has 1 heterocycles. The van der Waals surface area contributed by atoms with Crippen molar-refractivity contribution in [3.8, 4) is 0 Å². The second-order valence-electron chi connectivity index (χ2n) is 7.62. The van der Waals surface area contributed by atoms with Crippen molar-refractivity contribution in [3.05, 3.63) is 82.4 Å². The number of rotatable bonds is 10. The number of nitrogens with two attached hydrogens (primary N) is 1. The molecule has 0 saturated carbocycles. The minimum absolute atomic E-state index is 0.106. The monoisotopic (exact) mass is 418 g/mol. The summed E-state index contributed by atoms with van der Waals surface area (Å²) in [7, 11) is 0. The number of para-hydroxylation sites is 1. The van der Waals surface area contributed by atoms with Crippen LogP contribution >= 0.6 is 0 Å². The predicted octanol–water partition coefficient (Wildman–Crippen LogP) is 4.05. The van der Waals surface area contributed by atoms with Gasteiger partial charge in [-0.05, 0) is 50.1 Å². The van der Waals surface area contributed by atoms with Crippen molar-refractivity contribution in [1.82, 2.24) is 14.9 Å². The van der Waals surface area contributed by atoms with Crippen LogP contribution in [0.5, 0.6) is 0 Å². The van der Waals surface area contributed by atoms with E-state index in [9.17, 15) is 9.59 Å². The molecule has 6 nitrogen and oxygen atoms in total. The summed E-state index contributed by atoms with van der Waals surface area (Å²) in [6.07, 6.45) is 7.29. The Bertz CT molecular complexity index is 1080. The SMILES string of the molecule is C[C@@H](c1nc2ccccc2c(=O)[nH]1)N(CCCCCCN)C(=O)/C=C/c1ccccc1. The van der Waals surface area contributed by atoms with Crippen LogP contribution in [0.1, 0.15) is 50.0 Å². The number of aromatic amines is 1. The number of aromatic nitrogens is 2. The molecule has 1 aromatic heterocycles. The lowest BCUT2D eigenvalue weighted by Crippen LogP contribution is -2.35. The molecule has 1 atom stereocenters. The third kappa shape index (κ3) is 6.12. The van der Waals surface area contributed by atoms with Crippen LogP contribution in [0.4, 0.5) is 0 Å². The molecule has 2 aromatic carbocycles. The van der Waals surface area contributed by atoms with Crippen LogP contribution in [0.15, 0.2) is 65.5 Å². The van der Waals surface area contributed by atoms with Crippen LogP contribution in [-0.2, 0) is 4.79 Å². The molecule has 3 N–H and O–H groups in total. The fourth-order valence-electron chi connectivity index (χ4n) is 3.55. The smallest absolute Gasteiger partial charge is 0.258 e. The first kappa shape index (κ1) is 22.4. The number of carbonyl (C=O) groups is 1. The van der Waals surface area contributed by atoms with E-state index in [1.165, 1.54) is 0 Å². The quantitative estimate of drug-likeness (QED) is 0.384. The van der Waals surface area contributed by atoms with Gasteiger partial charge < -0.3 is 15.6 Å². The molecule has 0 radical (unpaired) electrons. The Morgan fingerprint density at radius 1 is 1.06 bits per heavy atom. The van der Waals surface area contributed by atoms with E-state index in [-0.39, 0.29) is 17.5 Å². The highest BCUT2D eigenvalue weighted by molar-refractivity contribution is 5.92. The molecule has 0 aliphatic carbocycles. The number of unbranched alkanes of at least 4 members (excludes halogenated alkanes) is 3. The van der Waals surface area contributed by atoms with E-state index in [4.69, 9.17) is 5.73 Å². The highest BCUT2D eigenvalue weighted by Crippen LogP contribution is 2.20. The van der Waals surface area contributed by atoms with Gasteiger partial charge in [0.15, 0.2) is 0 Å². The fraction of sp³-hybridized carbons (Fsp3) is 0.320. The molecule has 0 saturated heterocycles. The number of benzene rings is 2. The number of carbonyl (C=O) groups excluding carboxylic acids is 1. The van der Waals surface area contributed by atoms with Crippen molar-refractivity contribution in [2.75, 3.05) is 13.1 Å². The zero-order valence-corrected chi connectivity index (χ0v) is 18.0. The van der Waals surface area contributed by atoms with Crippen molar-refractivity contribution >= 4 is 22.9 Å². The standard InChI is InChI=1S/C25H30N4O2/c1-19(24-27-22-14-8-7-13-21(22)25(31)28-24)29(18-10-3-2-9-17-26)23(30)16-15-20-11-5-4-6-12-20/h4-8,11-16,19H,2-3,9-10,17-18,26H2,1H3,(H,27,28,31)/b16-15+/t19-/m0/s1. The molecule has 31 heavy (non-hydrogen) atoms. The number of nitrogens with one attached hydrogen (secondary N) is 1. The van der Waals surface area contributed by atoms with E-state index in [2.05, 4.69) is 9.97 Å². The number of nitrogens with zero attached hydrogens (tertiary/aromatic N) is 2. The lowest BCUT2D eigenvalue weighted by Gasteiger charge is -2.28. The highest BCUT2D eigenvalue weighted by atomic mass is 16.2. The van der Waals surface area contributed by atoms with Gasteiger partial charge in [-0.1, -0.05) is 55.3 Å². The number of H-pyrrole nitrogens is 1. The van der Waals surface area contributed by atoms with Gasteiger partial charge in [0.05, 0.1) is 16.9 Å². The first-order valence-electron chi connectivity index (χ1n) is 10.8. The van der Waals surface area contributed by atoms with Gasteiger partial charge >= 0.3 is 0 Å². The number of hydrogen-bond acceptors (Lipinski definition) is 4. The Hall–Kier alpha value is -3.25. The van der Waals surface area contributed by atoms with E-state index in [0.29, 0.717) is 29.8 Å². The maximum atomic E-state index is 13.1.